The minimum absolute atomic E-state index is 0.0996. The van der Waals surface area contributed by atoms with Gasteiger partial charge in [-0.05, 0) is 38.8 Å². The molecule has 0 saturated heterocycles. The van der Waals surface area contributed by atoms with Gasteiger partial charge < -0.3 is 21.1 Å². The highest BCUT2D eigenvalue weighted by Gasteiger charge is 2.27. The van der Waals surface area contributed by atoms with E-state index in [9.17, 15) is 9.59 Å². The second kappa shape index (κ2) is 7.15. The van der Waals surface area contributed by atoms with Crippen molar-refractivity contribution in [2.24, 2.45) is 5.92 Å². The fourth-order valence-corrected chi connectivity index (χ4v) is 1.79. The molecule has 22 heavy (non-hydrogen) atoms. The monoisotopic (exact) mass is 307 g/mol. The van der Waals surface area contributed by atoms with E-state index in [1.807, 2.05) is 13.8 Å². The van der Waals surface area contributed by atoms with Crippen molar-refractivity contribution >= 4 is 23.4 Å². The molecule has 6 heteroatoms. The van der Waals surface area contributed by atoms with Crippen LogP contribution < -0.4 is 16.4 Å². The first-order chi connectivity index (χ1) is 10.1. The van der Waals surface area contributed by atoms with E-state index < -0.39 is 17.7 Å². The normalized spacial score (nSPS) is 12.6. The lowest BCUT2D eigenvalue weighted by Crippen LogP contribution is -2.48. The summed E-state index contributed by atoms with van der Waals surface area (Å²) < 4.78 is 5.19. The summed E-state index contributed by atoms with van der Waals surface area (Å²) in [5.74, 6) is -0.434. The quantitative estimate of drug-likeness (QED) is 0.746. The van der Waals surface area contributed by atoms with Crippen LogP contribution in [-0.2, 0) is 9.53 Å². The first-order valence-electron chi connectivity index (χ1n) is 7.25. The lowest BCUT2D eigenvalue weighted by Gasteiger charge is -2.25. The number of carbonyl (C=O) groups is 2. The second-order valence-electron chi connectivity index (χ2n) is 6.44. The van der Waals surface area contributed by atoms with Crippen molar-refractivity contribution in [3.63, 3.8) is 0 Å². The van der Waals surface area contributed by atoms with Crippen LogP contribution in [0, 0.1) is 5.92 Å². The SMILES string of the molecule is CC(C)[C@H](NC(=O)OC(C)(C)C)C(=O)Nc1ccccc1N. The van der Waals surface area contributed by atoms with Gasteiger partial charge in [0, 0.05) is 0 Å². The van der Waals surface area contributed by atoms with E-state index >= 15 is 0 Å². The number of para-hydroxylation sites is 2. The molecular formula is C16H25N3O3. The van der Waals surface area contributed by atoms with Crippen molar-refractivity contribution in [2.75, 3.05) is 11.1 Å². The number of anilines is 2. The second-order valence-corrected chi connectivity index (χ2v) is 6.44. The Morgan fingerprint density at radius 2 is 1.77 bits per heavy atom. The average molecular weight is 307 g/mol. The van der Waals surface area contributed by atoms with Crippen molar-refractivity contribution in [2.45, 2.75) is 46.3 Å². The van der Waals surface area contributed by atoms with Crippen molar-refractivity contribution in [3.05, 3.63) is 24.3 Å². The van der Waals surface area contributed by atoms with Crippen LogP contribution in [0.5, 0.6) is 0 Å². The third kappa shape index (κ3) is 5.63. The zero-order valence-corrected chi connectivity index (χ0v) is 13.8. The van der Waals surface area contributed by atoms with Gasteiger partial charge in [-0.25, -0.2) is 4.79 Å². The number of amides is 2. The molecule has 1 aromatic rings. The number of ether oxygens (including phenoxy) is 1. The van der Waals surface area contributed by atoms with Gasteiger partial charge in [0.25, 0.3) is 0 Å². The van der Waals surface area contributed by atoms with Crippen molar-refractivity contribution in [1.82, 2.24) is 5.32 Å². The molecule has 1 rings (SSSR count). The van der Waals surface area contributed by atoms with Gasteiger partial charge in [0.15, 0.2) is 0 Å². The van der Waals surface area contributed by atoms with Gasteiger partial charge in [-0.2, -0.15) is 0 Å². The van der Waals surface area contributed by atoms with Gasteiger partial charge >= 0.3 is 6.09 Å². The van der Waals surface area contributed by atoms with E-state index in [0.29, 0.717) is 11.4 Å². The Kier molecular flexibility index (Phi) is 5.79. The molecule has 0 aromatic heterocycles. The zero-order valence-electron chi connectivity index (χ0n) is 13.8. The highest BCUT2D eigenvalue weighted by molar-refractivity contribution is 5.98. The van der Waals surface area contributed by atoms with Gasteiger partial charge in [-0.3, -0.25) is 4.79 Å². The summed E-state index contributed by atoms with van der Waals surface area (Å²) in [6.07, 6.45) is -0.623. The first kappa shape index (κ1) is 17.8. The number of hydrogen-bond acceptors (Lipinski definition) is 4. The maximum atomic E-state index is 12.4. The first-order valence-corrected chi connectivity index (χ1v) is 7.25. The van der Waals surface area contributed by atoms with E-state index in [4.69, 9.17) is 10.5 Å². The lowest BCUT2D eigenvalue weighted by molar-refractivity contribution is -0.119. The third-order valence-electron chi connectivity index (χ3n) is 2.84. The summed E-state index contributed by atoms with van der Waals surface area (Å²) in [6.45, 7) is 8.98. The number of benzene rings is 1. The summed E-state index contributed by atoms with van der Waals surface area (Å²) in [4.78, 5) is 24.2. The molecule has 4 N–H and O–H groups in total. The lowest BCUT2D eigenvalue weighted by atomic mass is 10.0. The standard InChI is InChI=1S/C16H25N3O3/c1-10(2)13(19-15(21)22-16(3,4)5)14(20)18-12-9-7-6-8-11(12)17/h6-10,13H,17H2,1-5H3,(H,18,20)(H,19,21)/t13-/m0/s1. The minimum Gasteiger partial charge on any atom is -0.444 e. The van der Waals surface area contributed by atoms with E-state index in [-0.39, 0.29) is 11.8 Å². The van der Waals surface area contributed by atoms with Crippen LogP contribution in [0.25, 0.3) is 0 Å². The Balaban J connectivity index is 2.77. The summed E-state index contributed by atoms with van der Waals surface area (Å²) in [7, 11) is 0. The highest BCUT2D eigenvalue weighted by atomic mass is 16.6. The Hall–Kier alpha value is -2.24. The number of hydrogen-bond donors (Lipinski definition) is 3. The maximum absolute atomic E-state index is 12.4. The topological polar surface area (TPSA) is 93.4 Å². The molecule has 0 aliphatic carbocycles. The Morgan fingerprint density at radius 3 is 2.27 bits per heavy atom. The predicted octanol–water partition coefficient (Wildman–Crippen LogP) is 2.76. The molecule has 0 bridgehead atoms. The highest BCUT2D eigenvalue weighted by Crippen LogP contribution is 2.18. The van der Waals surface area contributed by atoms with Crippen LogP contribution in [-0.4, -0.2) is 23.6 Å². The van der Waals surface area contributed by atoms with Gasteiger partial charge in [-0.1, -0.05) is 26.0 Å². The largest absolute Gasteiger partial charge is 0.444 e. The van der Waals surface area contributed by atoms with E-state index in [1.165, 1.54) is 0 Å². The van der Waals surface area contributed by atoms with E-state index in [0.717, 1.165) is 0 Å². The smallest absolute Gasteiger partial charge is 0.408 e. The minimum atomic E-state index is -0.713. The van der Waals surface area contributed by atoms with Crippen LogP contribution in [0.2, 0.25) is 0 Å². The number of carbonyl (C=O) groups excluding carboxylic acids is 2. The summed E-state index contributed by atoms with van der Waals surface area (Å²) in [5.41, 5.74) is 6.17. The van der Waals surface area contributed by atoms with Crippen molar-refractivity contribution in [1.29, 1.82) is 0 Å². The Bertz CT molecular complexity index is 536. The number of nitrogen functional groups attached to an aromatic ring is 1. The van der Waals surface area contributed by atoms with Gasteiger partial charge in [0.1, 0.15) is 11.6 Å². The molecular weight excluding hydrogens is 282 g/mol. The van der Waals surface area contributed by atoms with Crippen LogP contribution >= 0.6 is 0 Å². The van der Waals surface area contributed by atoms with Gasteiger partial charge in [-0.15, -0.1) is 0 Å². The van der Waals surface area contributed by atoms with Crippen molar-refractivity contribution < 1.29 is 14.3 Å². The van der Waals surface area contributed by atoms with E-state index in [1.54, 1.807) is 45.0 Å². The number of nitrogens with one attached hydrogen (secondary N) is 2. The molecule has 0 fully saturated rings. The molecule has 0 aliphatic rings. The summed E-state index contributed by atoms with van der Waals surface area (Å²) >= 11 is 0. The van der Waals surface area contributed by atoms with Crippen LogP contribution in [0.3, 0.4) is 0 Å². The molecule has 0 saturated carbocycles. The molecule has 0 spiro atoms. The maximum Gasteiger partial charge on any atom is 0.408 e. The van der Waals surface area contributed by atoms with Gasteiger partial charge in [0.05, 0.1) is 11.4 Å². The molecule has 1 aromatic carbocycles. The Morgan fingerprint density at radius 1 is 1.18 bits per heavy atom. The molecule has 6 nitrogen and oxygen atoms in total. The molecule has 1 atom stereocenters. The molecule has 0 unspecified atom stereocenters. The number of rotatable bonds is 4. The van der Waals surface area contributed by atoms with E-state index in [2.05, 4.69) is 10.6 Å². The van der Waals surface area contributed by atoms with Crippen LogP contribution in [0.4, 0.5) is 16.2 Å². The fraction of sp³-hybridized carbons (Fsp3) is 0.500. The molecule has 2 amide bonds. The van der Waals surface area contributed by atoms with Crippen LogP contribution in [0.15, 0.2) is 24.3 Å². The summed E-state index contributed by atoms with van der Waals surface area (Å²) in [6, 6.07) is 6.25. The molecule has 122 valence electrons. The fourth-order valence-electron chi connectivity index (χ4n) is 1.79. The summed E-state index contributed by atoms with van der Waals surface area (Å²) in [5, 5.41) is 5.32. The number of nitrogens with two attached hydrogens (primary N) is 1. The third-order valence-corrected chi connectivity index (χ3v) is 2.84. The molecule has 0 radical (unpaired) electrons. The predicted molar refractivity (Wildman–Crippen MR) is 87.5 cm³/mol. The van der Waals surface area contributed by atoms with Crippen molar-refractivity contribution in [3.8, 4) is 0 Å². The molecule has 0 aliphatic heterocycles. The van der Waals surface area contributed by atoms with Gasteiger partial charge in [0.2, 0.25) is 5.91 Å². The average Bonchev–Trinajstić information content (AvgIpc) is 2.36. The number of alkyl carbamates (subject to hydrolysis) is 1. The van der Waals surface area contributed by atoms with Crippen LogP contribution in [0.1, 0.15) is 34.6 Å². The Labute approximate surface area is 131 Å². The zero-order chi connectivity index (χ0) is 16.9. The molecule has 0 heterocycles.